The maximum absolute atomic E-state index is 9.62. The normalized spacial score (nSPS) is 12.2. The van der Waals surface area contributed by atoms with E-state index in [0.717, 1.165) is 11.3 Å². The van der Waals surface area contributed by atoms with Crippen molar-refractivity contribution in [1.29, 1.82) is 0 Å². The van der Waals surface area contributed by atoms with Gasteiger partial charge in [-0.1, -0.05) is 12.2 Å². The van der Waals surface area contributed by atoms with Gasteiger partial charge in [0.05, 0.1) is 12.7 Å². The summed E-state index contributed by atoms with van der Waals surface area (Å²) in [5.41, 5.74) is 7.36. The zero-order valence-corrected chi connectivity index (χ0v) is 10.9. The van der Waals surface area contributed by atoms with E-state index < -0.39 is 6.10 Å². The van der Waals surface area contributed by atoms with Gasteiger partial charge >= 0.3 is 0 Å². The third kappa shape index (κ3) is 4.30. The molecule has 0 aromatic heterocycles. The van der Waals surface area contributed by atoms with Crippen molar-refractivity contribution < 1.29 is 9.84 Å². The third-order valence-corrected chi connectivity index (χ3v) is 2.67. The predicted octanol–water partition coefficient (Wildman–Crippen LogP) is 0.764. The first-order valence-electron chi connectivity index (χ1n) is 5.32. The first-order valence-corrected chi connectivity index (χ1v) is 5.73. The van der Waals surface area contributed by atoms with Crippen LogP contribution in [0, 0.1) is 0 Å². The number of aliphatic hydroxyl groups is 1. The van der Waals surface area contributed by atoms with Gasteiger partial charge in [-0.05, 0) is 24.3 Å². The van der Waals surface area contributed by atoms with Crippen LogP contribution in [0.25, 0.3) is 0 Å². The zero-order valence-electron chi connectivity index (χ0n) is 10.1. The van der Waals surface area contributed by atoms with Gasteiger partial charge in [-0.3, -0.25) is 0 Å². The van der Waals surface area contributed by atoms with E-state index in [-0.39, 0.29) is 0 Å². The van der Waals surface area contributed by atoms with Crippen molar-refractivity contribution in [3.8, 4) is 0 Å². The third-order valence-electron chi connectivity index (χ3n) is 2.44. The molecule has 0 spiro atoms. The Morgan fingerprint density at radius 2 is 2.06 bits per heavy atom. The number of hydrogen-bond acceptors (Lipinski definition) is 4. The Morgan fingerprint density at radius 3 is 2.53 bits per heavy atom. The number of ether oxygens (including phenoxy) is 1. The highest BCUT2D eigenvalue weighted by molar-refractivity contribution is 7.80. The van der Waals surface area contributed by atoms with Crippen LogP contribution in [0.2, 0.25) is 0 Å². The molecule has 17 heavy (non-hydrogen) atoms. The molecule has 0 fully saturated rings. The number of rotatable bonds is 6. The lowest BCUT2D eigenvalue weighted by molar-refractivity contribution is 0.0695. The van der Waals surface area contributed by atoms with Crippen LogP contribution in [0.5, 0.6) is 0 Å². The highest BCUT2D eigenvalue weighted by Crippen LogP contribution is 2.14. The molecule has 5 heteroatoms. The number of nitrogens with two attached hydrogens (primary N) is 1. The lowest BCUT2D eigenvalue weighted by Gasteiger charge is -2.22. The summed E-state index contributed by atoms with van der Waals surface area (Å²) < 4.78 is 4.88. The smallest absolute Gasteiger partial charge is 0.103 e. The molecule has 0 aliphatic rings. The molecule has 1 unspecified atom stereocenters. The Labute approximate surface area is 107 Å². The van der Waals surface area contributed by atoms with Crippen LogP contribution in [0.1, 0.15) is 5.56 Å². The van der Waals surface area contributed by atoms with Crippen molar-refractivity contribution in [3.63, 3.8) is 0 Å². The summed E-state index contributed by atoms with van der Waals surface area (Å²) in [6, 6.07) is 7.59. The van der Waals surface area contributed by atoms with Crippen LogP contribution in [0.3, 0.4) is 0 Å². The molecule has 94 valence electrons. The number of anilines is 1. The van der Waals surface area contributed by atoms with Gasteiger partial charge in [-0.15, -0.1) is 0 Å². The Morgan fingerprint density at radius 1 is 1.47 bits per heavy atom. The molecule has 0 aliphatic heterocycles. The van der Waals surface area contributed by atoms with E-state index in [1.165, 1.54) is 0 Å². The molecule has 3 N–H and O–H groups in total. The first-order chi connectivity index (χ1) is 8.04. The van der Waals surface area contributed by atoms with Gasteiger partial charge in [-0.2, -0.15) is 0 Å². The van der Waals surface area contributed by atoms with Gasteiger partial charge in [0, 0.05) is 32.0 Å². The van der Waals surface area contributed by atoms with E-state index in [0.29, 0.717) is 18.1 Å². The molecule has 0 saturated heterocycles. The number of likely N-dealkylation sites (N-methyl/N-ethyl adjacent to an activating group) is 1. The molecule has 0 heterocycles. The van der Waals surface area contributed by atoms with Crippen LogP contribution < -0.4 is 10.6 Å². The van der Waals surface area contributed by atoms with Crippen molar-refractivity contribution in [1.82, 2.24) is 0 Å². The van der Waals surface area contributed by atoms with Gasteiger partial charge < -0.3 is 20.5 Å². The van der Waals surface area contributed by atoms with Crippen molar-refractivity contribution in [2.45, 2.75) is 6.10 Å². The fourth-order valence-electron chi connectivity index (χ4n) is 1.55. The van der Waals surface area contributed by atoms with Crippen LogP contribution in [0.15, 0.2) is 24.3 Å². The van der Waals surface area contributed by atoms with Crippen molar-refractivity contribution in [2.75, 3.05) is 32.2 Å². The van der Waals surface area contributed by atoms with E-state index in [2.05, 4.69) is 0 Å². The highest BCUT2D eigenvalue weighted by Gasteiger charge is 2.08. The standard InChI is InChI=1S/C12H18N2O2S/c1-14(7-11(15)8-16-2)10-5-3-9(4-6-10)12(13)17/h3-6,11,15H,7-8H2,1-2H3,(H2,13,17). The summed E-state index contributed by atoms with van der Waals surface area (Å²) in [5.74, 6) is 0. The van der Waals surface area contributed by atoms with Crippen molar-refractivity contribution >= 4 is 22.9 Å². The lowest BCUT2D eigenvalue weighted by atomic mass is 10.2. The Hall–Kier alpha value is -1.17. The SMILES string of the molecule is COCC(O)CN(C)c1ccc(C(N)=S)cc1. The maximum atomic E-state index is 9.62. The topological polar surface area (TPSA) is 58.7 Å². The number of nitrogens with zero attached hydrogens (tertiary/aromatic N) is 1. The average molecular weight is 254 g/mol. The van der Waals surface area contributed by atoms with Gasteiger partial charge in [0.15, 0.2) is 0 Å². The zero-order chi connectivity index (χ0) is 12.8. The number of hydrogen-bond donors (Lipinski definition) is 2. The minimum Gasteiger partial charge on any atom is -0.389 e. The quantitative estimate of drug-likeness (QED) is 0.734. The van der Waals surface area contributed by atoms with Crippen LogP contribution in [0.4, 0.5) is 5.69 Å². The van der Waals surface area contributed by atoms with E-state index in [4.69, 9.17) is 22.7 Å². The summed E-state index contributed by atoms with van der Waals surface area (Å²) in [5, 5.41) is 9.62. The predicted molar refractivity (Wildman–Crippen MR) is 73.5 cm³/mol. The van der Waals surface area contributed by atoms with Crippen LogP contribution in [-0.2, 0) is 4.74 Å². The molecule has 0 aliphatic carbocycles. The summed E-state index contributed by atoms with van der Waals surface area (Å²) in [6.45, 7) is 0.843. The Kier molecular flexibility index (Phi) is 5.34. The number of aliphatic hydroxyl groups excluding tert-OH is 1. The van der Waals surface area contributed by atoms with Gasteiger partial charge in [0.25, 0.3) is 0 Å². The van der Waals surface area contributed by atoms with Gasteiger partial charge in [0.2, 0.25) is 0 Å². The first kappa shape index (κ1) is 13.9. The molecule has 1 aromatic rings. The van der Waals surface area contributed by atoms with Gasteiger partial charge in [0.1, 0.15) is 4.99 Å². The fraction of sp³-hybridized carbons (Fsp3) is 0.417. The molecule has 0 radical (unpaired) electrons. The minimum absolute atomic E-state index is 0.329. The fourth-order valence-corrected chi connectivity index (χ4v) is 1.68. The lowest BCUT2D eigenvalue weighted by Crippen LogP contribution is -2.31. The number of benzene rings is 1. The summed E-state index contributed by atoms with van der Waals surface area (Å²) in [6.07, 6.45) is -0.500. The van der Waals surface area contributed by atoms with Crippen molar-refractivity contribution in [2.24, 2.45) is 5.73 Å². The van der Waals surface area contributed by atoms with Gasteiger partial charge in [-0.25, -0.2) is 0 Å². The van der Waals surface area contributed by atoms with E-state index in [1.54, 1.807) is 7.11 Å². The van der Waals surface area contributed by atoms with Crippen LogP contribution in [-0.4, -0.2) is 43.5 Å². The van der Waals surface area contributed by atoms with Crippen molar-refractivity contribution in [3.05, 3.63) is 29.8 Å². The molecule has 0 amide bonds. The number of thiocarbonyl (C=S) groups is 1. The second kappa shape index (κ2) is 6.54. The Bertz CT molecular complexity index is 367. The average Bonchev–Trinajstić information content (AvgIpc) is 2.29. The molecular weight excluding hydrogens is 236 g/mol. The minimum atomic E-state index is -0.500. The number of methoxy groups -OCH3 is 1. The Balaban J connectivity index is 2.63. The maximum Gasteiger partial charge on any atom is 0.103 e. The monoisotopic (exact) mass is 254 g/mol. The summed E-state index contributed by atoms with van der Waals surface area (Å²) in [4.78, 5) is 2.34. The molecule has 1 atom stereocenters. The van der Waals surface area contributed by atoms with E-state index in [1.807, 2.05) is 36.2 Å². The highest BCUT2D eigenvalue weighted by atomic mass is 32.1. The molecule has 1 aromatic carbocycles. The molecule has 1 rings (SSSR count). The molecule has 0 bridgehead atoms. The van der Waals surface area contributed by atoms with Crippen LogP contribution >= 0.6 is 12.2 Å². The second-order valence-electron chi connectivity index (χ2n) is 3.90. The van der Waals surface area contributed by atoms with E-state index in [9.17, 15) is 5.11 Å². The second-order valence-corrected chi connectivity index (χ2v) is 4.34. The summed E-state index contributed by atoms with van der Waals surface area (Å²) >= 11 is 4.88. The van der Waals surface area contributed by atoms with E-state index >= 15 is 0 Å². The summed E-state index contributed by atoms with van der Waals surface area (Å²) in [7, 11) is 3.48. The molecule has 0 saturated carbocycles. The molecular formula is C12H18N2O2S. The molecule has 4 nitrogen and oxygen atoms in total. The largest absolute Gasteiger partial charge is 0.389 e.